The van der Waals surface area contributed by atoms with Crippen molar-refractivity contribution in [3.05, 3.63) is 76.5 Å². The number of likely N-dealkylation sites (tertiary alicyclic amines) is 1. The third-order valence-corrected chi connectivity index (χ3v) is 5.77. The Hall–Kier alpha value is -3.48. The molecule has 0 saturated carbocycles. The van der Waals surface area contributed by atoms with E-state index in [2.05, 4.69) is 15.0 Å². The molecule has 0 spiro atoms. The zero-order valence-corrected chi connectivity index (χ0v) is 18.7. The molecule has 0 atom stereocenters. The van der Waals surface area contributed by atoms with Crippen molar-refractivity contribution in [3.8, 4) is 17.1 Å². The lowest BCUT2D eigenvalue weighted by Gasteiger charge is -2.36. The molecule has 1 N–H and O–H groups in total. The maximum absolute atomic E-state index is 13.1. The van der Waals surface area contributed by atoms with Crippen molar-refractivity contribution in [2.45, 2.75) is 45.1 Å². The normalized spacial score (nSPS) is 14.9. The number of rotatable bonds is 5. The van der Waals surface area contributed by atoms with Gasteiger partial charge in [-0.05, 0) is 57.9 Å². The molecular weight excluding hydrogens is 404 g/mol. The second-order valence-electron chi connectivity index (χ2n) is 8.72. The Morgan fingerprint density at radius 3 is 2.47 bits per heavy atom. The fourth-order valence-corrected chi connectivity index (χ4v) is 4.00. The number of benzene rings is 1. The van der Waals surface area contributed by atoms with Gasteiger partial charge in [0.15, 0.2) is 5.60 Å². The number of nitrogens with zero attached hydrogens (tertiary/aromatic N) is 3. The van der Waals surface area contributed by atoms with Gasteiger partial charge in [0.25, 0.3) is 11.5 Å². The van der Waals surface area contributed by atoms with Crippen LogP contribution in [0.1, 0.15) is 44.0 Å². The maximum atomic E-state index is 13.1. The fourth-order valence-electron chi connectivity index (χ4n) is 4.00. The van der Waals surface area contributed by atoms with E-state index in [0.717, 1.165) is 18.4 Å². The summed E-state index contributed by atoms with van der Waals surface area (Å²) in [4.78, 5) is 39.0. The summed E-state index contributed by atoms with van der Waals surface area (Å²) in [6.07, 6.45) is 3.13. The van der Waals surface area contributed by atoms with Crippen LogP contribution in [0.2, 0.25) is 0 Å². The fraction of sp³-hybridized carbons (Fsp3) is 0.360. The van der Waals surface area contributed by atoms with Crippen LogP contribution in [0.15, 0.2) is 59.5 Å². The molecule has 7 heteroatoms. The van der Waals surface area contributed by atoms with E-state index in [4.69, 9.17) is 4.74 Å². The Bertz CT molecular complexity index is 1130. The van der Waals surface area contributed by atoms with Gasteiger partial charge >= 0.3 is 0 Å². The number of aryl methyl sites for hydroxylation is 1. The lowest BCUT2D eigenvalue weighted by Crippen LogP contribution is -2.51. The molecule has 0 bridgehead atoms. The van der Waals surface area contributed by atoms with Gasteiger partial charge < -0.3 is 14.6 Å². The smallest absolute Gasteiger partial charge is 0.266 e. The van der Waals surface area contributed by atoms with Gasteiger partial charge in [-0.1, -0.05) is 23.8 Å². The number of amides is 1. The summed E-state index contributed by atoms with van der Waals surface area (Å²) in [5.41, 5.74) is 1.22. The first kappa shape index (κ1) is 21.7. The summed E-state index contributed by atoms with van der Waals surface area (Å²) in [5, 5.41) is 0. The summed E-state index contributed by atoms with van der Waals surface area (Å²) < 4.78 is 6.01. The number of H-pyrrole nitrogens is 1. The summed E-state index contributed by atoms with van der Waals surface area (Å²) in [7, 11) is 0. The summed E-state index contributed by atoms with van der Waals surface area (Å²) in [6, 6.07) is 14.7. The molecule has 1 amide bonds. The first-order valence-corrected chi connectivity index (χ1v) is 10.9. The molecule has 0 aliphatic carbocycles. The summed E-state index contributed by atoms with van der Waals surface area (Å²) >= 11 is 0. The molecule has 1 fully saturated rings. The predicted octanol–water partition coefficient (Wildman–Crippen LogP) is 3.70. The Balaban J connectivity index is 1.42. The SMILES string of the molecule is Cc1ccc(OC(C)(C)C(=O)N2CCC(c3nc(-c4ccccn4)cc(=O)[nH]3)CC2)cc1. The number of carbonyl (C=O) groups is 1. The number of aromatic nitrogens is 3. The lowest BCUT2D eigenvalue weighted by molar-refractivity contribution is -0.146. The molecule has 4 rings (SSSR count). The lowest BCUT2D eigenvalue weighted by atomic mass is 9.94. The van der Waals surface area contributed by atoms with Crippen molar-refractivity contribution in [2.24, 2.45) is 0 Å². The zero-order valence-electron chi connectivity index (χ0n) is 18.7. The second kappa shape index (κ2) is 8.94. The van der Waals surface area contributed by atoms with Crippen molar-refractivity contribution < 1.29 is 9.53 Å². The minimum absolute atomic E-state index is 0.0415. The van der Waals surface area contributed by atoms with Gasteiger partial charge in [0, 0.05) is 31.3 Å². The Labute approximate surface area is 187 Å². The maximum Gasteiger partial charge on any atom is 0.266 e. The van der Waals surface area contributed by atoms with Gasteiger partial charge in [-0.15, -0.1) is 0 Å². The van der Waals surface area contributed by atoms with E-state index >= 15 is 0 Å². The number of piperidine rings is 1. The first-order valence-electron chi connectivity index (χ1n) is 10.9. The van der Waals surface area contributed by atoms with E-state index in [1.54, 1.807) is 20.0 Å². The van der Waals surface area contributed by atoms with Crippen LogP contribution < -0.4 is 10.3 Å². The molecule has 166 valence electrons. The highest BCUT2D eigenvalue weighted by atomic mass is 16.5. The van der Waals surface area contributed by atoms with Gasteiger partial charge in [0.2, 0.25) is 0 Å². The molecule has 2 aromatic heterocycles. The summed E-state index contributed by atoms with van der Waals surface area (Å²) in [5.74, 6) is 1.37. The quantitative estimate of drug-likeness (QED) is 0.664. The molecule has 0 radical (unpaired) electrons. The number of ether oxygens (including phenoxy) is 1. The number of hydrogen-bond donors (Lipinski definition) is 1. The van der Waals surface area contributed by atoms with Crippen LogP contribution in [0.25, 0.3) is 11.4 Å². The van der Waals surface area contributed by atoms with E-state index < -0.39 is 5.60 Å². The molecule has 3 heterocycles. The van der Waals surface area contributed by atoms with Gasteiger partial charge in [-0.3, -0.25) is 14.6 Å². The van der Waals surface area contributed by atoms with Crippen LogP contribution in [0.5, 0.6) is 5.75 Å². The largest absolute Gasteiger partial charge is 0.478 e. The molecule has 0 unspecified atom stereocenters. The highest BCUT2D eigenvalue weighted by Gasteiger charge is 2.36. The van der Waals surface area contributed by atoms with Crippen LogP contribution in [0.3, 0.4) is 0 Å². The summed E-state index contributed by atoms with van der Waals surface area (Å²) in [6.45, 7) is 6.79. The number of hydrogen-bond acceptors (Lipinski definition) is 5. The Kier molecular flexibility index (Phi) is 6.08. The van der Waals surface area contributed by atoms with Crippen molar-refractivity contribution >= 4 is 5.91 Å². The highest BCUT2D eigenvalue weighted by molar-refractivity contribution is 5.85. The molecule has 32 heavy (non-hydrogen) atoms. The van der Waals surface area contributed by atoms with Crippen molar-refractivity contribution in [3.63, 3.8) is 0 Å². The Morgan fingerprint density at radius 2 is 1.81 bits per heavy atom. The van der Waals surface area contributed by atoms with Crippen LogP contribution in [-0.4, -0.2) is 44.4 Å². The van der Waals surface area contributed by atoms with E-state index in [-0.39, 0.29) is 17.4 Å². The third-order valence-electron chi connectivity index (χ3n) is 5.77. The molecule has 1 aromatic carbocycles. The van der Waals surface area contributed by atoms with E-state index in [9.17, 15) is 9.59 Å². The van der Waals surface area contributed by atoms with Crippen LogP contribution in [0, 0.1) is 6.92 Å². The zero-order chi connectivity index (χ0) is 22.7. The molecule has 3 aromatic rings. The number of nitrogens with one attached hydrogen (secondary N) is 1. The molecule has 1 saturated heterocycles. The molecular formula is C25H28N4O3. The van der Waals surface area contributed by atoms with Crippen molar-refractivity contribution in [2.75, 3.05) is 13.1 Å². The monoisotopic (exact) mass is 432 g/mol. The van der Waals surface area contributed by atoms with Crippen molar-refractivity contribution in [1.82, 2.24) is 19.9 Å². The van der Waals surface area contributed by atoms with Crippen LogP contribution >= 0.6 is 0 Å². The highest BCUT2D eigenvalue weighted by Crippen LogP contribution is 2.28. The van der Waals surface area contributed by atoms with Crippen molar-refractivity contribution in [1.29, 1.82) is 0 Å². The average Bonchev–Trinajstić information content (AvgIpc) is 2.80. The standard InChI is InChI=1S/C25H28N4O3/c1-17-7-9-19(10-8-17)32-25(2,3)24(31)29-14-11-18(12-15-29)23-27-21(16-22(30)28-23)20-6-4-5-13-26-20/h4-10,13,16,18H,11-12,14-15H2,1-3H3,(H,27,28,30). The molecule has 1 aliphatic rings. The minimum Gasteiger partial charge on any atom is -0.478 e. The third kappa shape index (κ3) is 4.88. The Morgan fingerprint density at radius 1 is 1.09 bits per heavy atom. The van der Waals surface area contributed by atoms with E-state index in [0.29, 0.717) is 36.1 Å². The minimum atomic E-state index is -0.965. The number of pyridine rings is 1. The average molecular weight is 433 g/mol. The molecule has 1 aliphatic heterocycles. The van der Waals surface area contributed by atoms with Crippen LogP contribution in [-0.2, 0) is 4.79 Å². The van der Waals surface area contributed by atoms with Gasteiger partial charge in [-0.2, -0.15) is 0 Å². The van der Waals surface area contributed by atoms with E-state index in [1.807, 2.05) is 54.3 Å². The number of aromatic amines is 1. The molecule has 7 nitrogen and oxygen atoms in total. The second-order valence-corrected chi connectivity index (χ2v) is 8.72. The first-order chi connectivity index (χ1) is 15.3. The van der Waals surface area contributed by atoms with Gasteiger partial charge in [0.05, 0.1) is 11.4 Å². The topological polar surface area (TPSA) is 88.2 Å². The predicted molar refractivity (Wildman–Crippen MR) is 123 cm³/mol. The van der Waals surface area contributed by atoms with Gasteiger partial charge in [-0.25, -0.2) is 4.98 Å². The van der Waals surface area contributed by atoms with E-state index in [1.165, 1.54) is 6.07 Å². The van der Waals surface area contributed by atoms with Crippen LogP contribution in [0.4, 0.5) is 0 Å². The van der Waals surface area contributed by atoms with Gasteiger partial charge in [0.1, 0.15) is 11.6 Å². The number of carbonyl (C=O) groups excluding carboxylic acids is 1.